The molecule has 0 fully saturated rings. The number of imidazole rings is 1. The van der Waals surface area contributed by atoms with Gasteiger partial charge in [-0.2, -0.15) is 9.65 Å². The summed E-state index contributed by atoms with van der Waals surface area (Å²) in [5.74, 6) is 0.822. The molecular weight excluding hydrogens is 422 g/mol. The first-order valence-corrected chi connectivity index (χ1v) is 11.7. The lowest BCUT2D eigenvalue weighted by atomic mass is 10.1. The SMILES string of the molecule is C[S+](O)c1cccc(-c2cnn3cc(-c4ccc(OCCn5ccnc5)cc4)cnc23)c1. The summed E-state index contributed by atoms with van der Waals surface area (Å²) >= 11 is -0.787. The van der Waals surface area contributed by atoms with E-state index in [0.717, 1.165) is 45.1 Å². The van der Waals surface area contributed by atoms with Gasteiger partial charge in [-0.25, -0.2) is 14.5 Å². The second-order valence-electron chi connectivity index (χ2n) is 7.35. The maximum Gasteiger partial charge on any atom is 0.190 e. The molecule has 0 bridgehead atoms. The van der Waals surface area contributed by atoms with E-state index >= 15 is 0 Å². The van der Waals surface area contributed by atoms with E-state index in [4.69, 9.17) is 4.74 Å². The summed E-state index contributed by atoms with van der Waals surface area (Å²) in [5, 5.41) is 4.50. The van der Waals surface area contributed by atoms with Crippen LogP contribution in [0.3, 0.4) is 0 Å². The van der Waals surface area contributed by atoms with Crippen molar-refractivity contribution in [3.8, 4) is 28.0 Å². The van der Waals surface area contributed by atoms with Gasteiger partial charge in [0.05, 0.1) is 19.1 Å². The molecule has 160 valence electrons. The standard InChI is InChI=1S/C24H22N5O2S/c1-32(30)22-4-2-3-19(13-22)23-15-27-29-16-20(14-26-24(23)29)18-5-7-21(8-6-18)31-12-11-28-10-9-25-17-28/h2-10,13-17,30H,11-12H2,1H3/q+1. The summed E-state index contributed by atoms with van der Waals surface area (Å²) in [6.45, 7) is 1.33. The molecule has 2 aromatic carbocycles. The van der Waals surface area contributed by atoms with Gasteiger partial charge >= 0.3 is 0 Å². The first-order chi connectivity index (χ1) is 15.7. The first-order valence-electron chi connectivity index (χ1n) is 10.2. The van der Waals surface area contributed by atoms with Crippen molar-refractivity contribution in [1.29, 1.82) is 0 Å². The number of hydrogen-bond acceptors (Lipinski definition) is 5. The molecule has 1 atom stereocenters. The van der Waals surface area contributed by atoms with E-state index in [9.17, 15) is 4.55 Å². The lowest BCUT2D eigenvalue weighted by Crippen LogP contribution is -2.06. The zero-order chi connectivity index (χ0) is 21.9. The molecule has 0 radical (unpaired) electrons. The van der Waals surface area contributed by atoms with Gasteiger partial charge in [0, 0.05) is 42.0 Å². The molecule has 0 saturated carbocycles. The zero-order valence-corrected chi connectivity index (χ0v) is 18.3. The summed E-state index contributed by atoms with van der Waals surface area (Å²) in [6.07, 6.45) is 12.9. The highest BCUT2D eigenvalue weighted by atomic mass is 32.2. The molecule has 8 heteroatoms. The summed E-state index contributed by atoms with van der Waals surface area (Å²) in [5.41, 5.74) is 4.71. The maximum atomic E-state index is 9.91. The Bertz CT molecular complexity index is 1330. The van der Waals surface area contributed by atoms with E-state index in [2.05, 4.69) is 15.1 Å². The third kappa shape index (κ3) is 4.23. The van der Waals surface area contributed by atoms with E-state index in [0.29, 0.717) is 6.61 Å². The van der Waals surface area contributed by atoms with Crippen molar-refractivity contribution in [3.63, 3.8) is 0 Å². The molecule has 0 amide bonds. The van der Waals surface area contributed by atoms with Gasteiger partial charge in [0.15, 0.2) is 21.7 Å². The minimum Gasteiger partial charge on any atom is -0.492 e. The van der Waals surface area contributed by atoms with Crippen LogP contribution in [0.1, 0.15) is 0 Å². The van der Waals surface area contributed by atoms with Gasteiger partial charge in [0.25, 0.3) is 0 Å². The highest BCUT2D eigenvalue weighted by Crippen LogP contribution is 2.28. The second-order valence-corrected chi connectivity index (χ2v) is 8.78. The maximum absolute atomic E-state index is 9.91. The van der Waals surface area contributed by atoms with E-state index in [1.807, 2.05) is 77.9 Å². The number of ether oxygens (including phenoxy) is 1. The number of benzene rings is 2. The van der Waals surface area contributed by atoms with Crippen LogP contribution in [0.25, 0.3) is 27.9 Å². The van der Waals surface area contributed by atoms with Gasteiger partial charge in [0.2, 0.25) is 0 Å². The molecule has 7 nitrogen and oxygen atoms in total. The Hall–Kier alpha value is -3.62. The molecular formula is C24H22N5O2S+. The minimum atomic E-state index is -0.787. The molecule has 1 unspecified atom stereocenters. The molecule has 1 N–H and O–H groups in total. The Morgan fingerprint density at radius 1 is 1.03 bits per heavy atom. The van der Waals surface area contributed by atoms with Crippen molar-refractivity contribution in [1.82, 2.24) is 24.1 Å². The third-order valence-corrected chi connectivity index (χ3v) is 6.14. The summed E-state index contributed by atoms with van der Waals surface area (Å²) in [6, 6.07) is 15.8. The molecule has 0 aliphatic heterocycles. The van der Waals surface area contributed by atoms with Crippen LogP contribution in [0, 0.1) is 0 Å². The predicted octanol–water partition coefficient (Wildman–Crippen LogP) is 4.42. The van der Waals surface area contributed by atoms with Crippen molar-refractivity contribution in [2.24, 2.45) is 0 Å². The fourth-order valence-corrected chi connectivity index (χ4v) is 4.08. The Morgan fingerprint density at radius 2 is 1.91 bits per heavy atom. The Labute approximate surface area is 188 Å². The topological polar surface area (TPSA) is 77.5 Å². The monoisotopic (exact) mass is 444 g/mol. The van der Waals surface area contributed by atoms with Gasteiger partial charge in [-0.15, -0.1) is 0 Å². The first kappa shape index (κ1) is 20.3. The molecule has 3 aromatic heterocycles. The van der Waals surface area contributed by atoms with E-state index < -0.39 is 11.2 Å². The highest BCUT2D eigenvalue weighted by molar-refractivity contribution is 7.90. The van der Waals surface area contributed by atoms with E-state index in [1.54, 1.807) is 23.3 Å². The van der Waals surface area contributed by atoms with E-state index in [1.165, 1.54) is 0 Å². The van der Waals surface area contributed by atoms with Crippen LogP contribution in [0.15, 0.2) is 90.7 Å². The largest absolute Gasteiger partial charge is 0.492 e. The lowest BCUT2D eigenvalue weighted by molar-refractivity contribution is 0.298. The predicted molar refractivity (Wildman–Crippen MR) is 126 cm³/mol. The quantitative estimate of drug-likeness (QED) is 0.376. The Morgan fingerprint density at radius 3 is 2.69 bits per heavy atom. The zero-order valence-electron chi connectivity index (χ0n) is 17.5. The van der Waals surface area contributed by atoms with Crippen LogP contribution in [-0.4, -0.2) is 41.6 Å². The van der Waals surface area contributed by atoms with E-state index in [-0.39, 0.29) is 0 Å². The van der Waals surface area contributed by atoms with Gasteiger partial charge in [-0.3, -0.25) is 0 Å². The van der Waals surface area contributed by atoms with Crippen molar-refractivity contribution in [2.75, 3.05) is 12.9 Å². The van der Waals surface area contributed by atoms with Crippen LogP contribution in [0.5, 0.6) is 5.75 Å². The summed E-state index contributed by atoms with van der Waals surface area (Å²) in [7, 11) is 0. The minimum absolute atomic E-state index is 0.579. The Kier molecular flexibility index (Phi) is 5.62. The molecule has 5 rings (SSSR count). The normalized spacial score (nSPS) is 12.2. The number of fused-ring (bicyclic) bond motifs is 1. The fourth-order valence-electron chi connectivity index (χ4n) is 3.51. The fraction of sp³-hybridized carbons (Fsp3) is 0.125. The molecule has 3 heterocycles. The highest BCUT2D eigenvalue weighted by Gasteiger charge is 2.15. The van der Waals surface area contributed by atoms with Crippen LogP contribution in [-0.2, 0) is 17.7 Å². The number of hydrogen-bond donors (Lipinski definition) is 1. The van der Waals surface area contributed by atoms with Crippen LogP contribution in [0.2, 0.25) is 0 Å². The summed E-state index contributed by atoms with van der Waals surface area (Å²) in [4.78, 5) is 9.59. The lowest BCUT2D eigenvalue weighted by Gasteiger charge is -2.08. The van der Waals surface area contributed by atoms with Gasteiger partial charge in [0.1, 0.15) is 18.6 Å². The van der Waals surface area contributed by atoms with Crippen molar-refractivity contribution >= 4 is 16.8 Å². The van der Waals surface area contributed by atoms with Gasteiger partial charge in [-0.05, 0) is 29.3 Å². The second kappa shape index (κ2) is 8.86. The third-order valence-electron chi connectivity index (χ3n) is 5.21. The molecule has 0 spiro atoms. The van der Waals surface area contributed by atoms with Gasteiger partial charge in [-0.1, -0.05) is 24.3 Å². The van der Waals surface area contributed by atoms with Crippen molar-refractivity contribution in [3.05, 3.63) is 85.8 Å². The molecule has 0 saturated heterocycles. The molecule has 0 aliphatic carbocycles. The molecule has 0 aliphatic rings. The van der Waals surface area contributed by atoms with Crippen molar-refractivity contribution in [2.45, 2.75) is 11.4 Å². The smallest absolute Gasteiger partial charge is 0.190 e. The Balaban J connectivity index is 1.33. The van der Waals surface area contributed by atoms with Crippen LogP contribution >= 0.6 is 0 Å². The van der Waals surface area contributed by atoms with Gasteiger partial charge < -0.3 is 9.30 Å². The average molecular weight is 445 g/mol. The van der Waals surface area contributed by atoms with Crippen molar-refractivity contribution < 1.29 is 9.29 Å². The van der Waals surface area contributed by atoms with Crippen LogP contribution in [0.4, 0.5) is 0 Å². The molecule has 5 aromatic rings. The number of rotatable bonds is 7. The van der Waals surface area contributed by atoms with Crippen LogP contribution < -0.4 is 4.74 Å². The number of nitrogens with zero attached hydrogens (tertiary/aromatic N) is 5. The number of aromatic nitrogens is 5. The summed E-state index contributed by atoms with van der Waals surface area (Å²) < 4.78 is 19.5. The average Bonchev–Trinajstić information content (AvgIpc) is 3.49. The molecule has 32 heavy (non-hydrogen) atoms.